The number of hydrogen-bond donors (Lipinski definition) is 0. The molecule has 0 bridgehead atoms. The summed E-state index contributed by atoms with van der Waals surface area (Å²) in [6.07, 6.45) is 2.50. The molecule has 174 valence electrons. The van der Waals surface area contributed by atoms with E-state index in [1.165, 1.54) is 4.68 Å². The Morgan fingerprint density at radius 3 is 2.56 bits per heavy atom. The van der Waals surface area contributed by atoms with Gasteiger partial charge in [-0.1, -0.05) is 59.0 Å². The molecule has 1 atom stereocenters. The highest BCUT2D eigenvalue weighted by atomic mass is 79.9. The largest absolute Gasteiger partial charge is 0.489 e. The molecular formula is C26H22BrCl2N3O2. The standard InChI is InChI=1S/C26H22BrCl2N3O2/c1-3-16(2)25-31-24-11-7-19(27)13-21(24)26(33)32(25)30-14-17-4-8-20(9-5-17)34-15-18-6-10-22(28)23(29)12-18/h4-14,16H,3,15H2,1-2H3/t16-/m0/s1. The zero-order valence-corrected chi connectivity index (χ0v) is 21.7. The molecule has 4 rings (SSSR count). The highest BCUT2D eigenvalue weighted by Gasteiger charge is 2.15. The Bertz CT molecular complexity index is 1420. The number of ether oxygens (including phenoxy) is 1. The molecule has 0 saturated heterocycles. The third-order valence-electron chi connectivity index (χ3n) is 5.48. The number of benzene rings is 3. The molecular weight excluding hydrogens is 537 g/mol. The third-order valence-corrected chi connectivity index (χ3v) is 6.71. The second-order valence-electron chi connectivity index (χ2n) is 7.91. The summed E-state index contributed by atoms with van der Waals surface area (Å²) in [6, 6.07) is 18.4. The molecule has 0 aliphatic heterocycles. The van der Waals surface area contributed by atoms with Gasteiger partial charge in [-0.05, 0) is 72.1 Å². The molecule has 8 heteroatoms. The van der Waals surface area contributed by atoms with Gasteiger partial charge in [-0.2, -0.15) is 9.78 Å². The molecule has 34 heavy (non-hydrogen) atoms. The minimum absolute atomic E-state index is 0.0787. The number of nitrogens with zero attached hydrogens (tertiary/aromatic N) is 3. The lowest BCUT2D eigenvalue weighted by atomic mass is 10.1. The van der Waals surface area contributed by atoms with Crippen LogP contribution in [0.15, 0.2) is 75.0 Å². The maximum atomic E-state index is 13.2. The van der Waals surface area contributed by atoms with Gasteiger partial charge in [0, 0.05) is 10.4 Å². The smallest absolute Gasteiger partial charge is 0.282 e. The zero-order valence-electron chi connectivity index (χ0n) is 18.6. The van der Waals surface area contributed by atoms with Gasteiger partial charge in [-0.15, -0.1) is 0 Å². The van der Waals surface area contributed by atoms with Gasteiger partial charge in [-0.25, -0.2) is 4.98 Å². The van der Waals surface area contributed by atoms with E-state index < -0.39 is 0 Å². The molecule has 1 heterocycles. The van der Waals surface area contributed by atoms with E-state index in [0.717, 1.165) is 22.0 Å². The number of aromatic nitrogens is 2. The van der Waals surface area contributed by atoms with Crippen molar-refractivity contribution in [2.24, 2.45) is 5.10 Å². The molecule has 0 amide bonds. The van der Waals surface area contributed by atoms with Crippen molar-refractivity contribution in [2.75, 3.05) is 0 Å². The Kier molecular flexibility index (Phi) is 7.71. The fourth-order valence-corrected chi connectivity index (χ4v) is 4.03. The summed E-state index contributed by atoms with van der Waals surface area (Å²) in [5.74, 6) is 1.42. The monoisotopic (exact) mass is 557 g/mol. The van der Waals surface area contributed by atoms with Crippen molar-refractivity contribution in [3.63, 3.8) is 0 Å². The lowest BCUT2D eigenvalue weighted by molar-refractivity contribution is 0.306. The summed E-state index contributed by atoms with van der Waals surface area (Å²) >= 11 is 15.4. The highest BCUT2D eigenvalue weighted by Crippen LogP contribution is 2.24. The molecule has 0 radical (unpaired) electrons. The first-order valence-corrected chi connectivity index (χ1v) is 12.3. The maximum absolute atomic E-state index is 13.2. The Labute approximate surface area is 216 Å². The van der Waals surface area contributed by atoms with Crippen molar-refractivity contribution in [3.05, 3.63) is 102 Å². The van der Waals surface area contributed by atoms with Crippen molar-refractivity contribution in [1.82, 2.24) is 9.66 Å². The average molecular weight is 559 g/mol. The van der Waals surface area contributed by atoms with E-state index in [1.807, 2.05) is 49.4 Å². The van der Waals surface area contributed by atoms with Crippen molar-refractivity contribution in [2.45, 2.75) is 32.8 Å². The van der Waals surface area contributed by atoms with Crippen molar-refractivity contribution in [3.8, 4) is 5.75 Å². The topological polar surface area (TPSA) is 56.5 Å². The first-order valence-electron chi connectivity index (χ1n) is 10.8. The van der Waals surface area contributed by atoms with E-state index in [4.69, 9.17) is 32.9 Å². The lowest BCUT2D eigenvalue weighted by Crippen LogP contribution is -2.23. The molecule has 0 N–H and O–H groups in total. The van der Waals surface area contributed by atoms with Gasteiger partial charge in [0.25, 0.3) is 5.56 Å². The van der Waals surface area contributed by atoms with Gasteiger partial charge in [0.2, 0.25) is 0 Å². The number of hydrogen-bond acceptors (Lipinski definition) is 4. The van der Waals surface area contributed by atoms with Gasteiger partial charge in [0.05, 0.1) is 27.2 Å². The second-order valence-corrected chi connectivity index (χ2v) is 9.64. The van der Waals surface area contributed by atoms with Crippen LogP contribution in [0.25, 0.3) is 10.9 Å². The number of halogens is 3. The zero-order chi connectivity index (χ0) is 24.2. The van der Waals surface area contributed by atoms with Crippen LogP contribution in [-0.4, -0.2) is 15.9 Å². The molecule has 0 saturated carbocycles. The Morgan fingerprint density at radius 1 is 1.09 bits per heavy atom. The molecule has 5 nitrogen and oxygen atoms in total. The number of rotatable bonds is 7. The molecule has 3 aromatic carbocycles. The Balaban J connectivity index is 1.57. The second kappa shape index (κ2) is 10.7. The van der Waals surface area contributed by atoms with Gasteiger partial charge < -0.3 is 4.74 Å². The number of fused-ring (bicyclic) bond motifs is 1. The van der Waals surface area contributed by atoms with Gasteiger partial charge in [0.15, 0.2) is 0 Å². The van der Waals surface area contributed by atoms with Crippen LogP contribution in [0.4, 0.5) is 0 Å². The first kappa shape index (κ1) is 24.5. The fourth-order valence-electron chi connectivity index (χ4n) is 3.35. The van der Waals surface area contributed by atoms with E-state index in [9.17, 15) is 4.79 Å². The lowest BCUT2D eigenvalue weighted by Gasteiger charge is -2.14. The van der Waals surface area contributed by atoms with Crippen LogP contribution in [0.1, 0.15) is 43.1 Å². The van der Waals surface area contributed by atoms with Gasteiger partial charge in [0.1, 0.15) is 18.2 Å². The molecule has 0 spiro atoms. The Hall–Kier alpha value is -2.67. The predicted octanol–water partition coefficient (Wildman–Crippen LogP) is 7.44. The fraction of sp³-hybridized carbons (Fsp3) is 0.192. The maximum Gasteiger partial charge on any atom is 0.282 e. The minimum atomic E-state index is -0.195. The summed E-state index contributed by atoms with van der Waals surface area (Å²) in [6.45, 7) is 4.47. The molecule has 0 fully saturated rings. The van der Waals surface area contributed by atoms with Crippen LogP contribution < -0.4 is 10.3 Å². The van der Waals surface area contributed by atoms with E-state index in [2.05, 4.69) is 28.0 Å². The summed E-state index contributed by atoms with van der Waals surface area (Å²) in [4.78, 5) is 17.9. The predicted molar refractivity (Wildman–Crippen MR) is 143 cm³/mol. The van der Waals surface area contributed by atoms with E-state index in [1.54, 1.807) is 24.4 Å². The van der Waals surface area contributed by atoms with Crippen molar-refractivity contribution >= 4 is 56.2 Å². The first-order chi connectivity index (χ1) is 16.4. The van der Waals surface area contributed by atoms with Crippen LogP contribution >= 0.6 is 39.1 Å². The van der Waals surface area contributed by atoms with Crippen LogP contribution in [0.5, 0.6) is 5.75 Å². The van der Waals surface area contributed by atoms with Crippen molar-refractivity contribution in [1.29, 1.82) is 0 Å². The molecule has 1 aromatic heterocycles. The molecule has 4 aromatic rings. The third kappa shape index (κ3) is 5.52. The van der Waals surface area contributed by atoms with E-state index in [0.29, 0.717) is 39.1 Å². The van der Waals surface area contributed by atoms with Crippen LogP contribution in [0.3, 0.4) is 0 Å². The summed E-state index contributed by atoms with van der Waals surface area (Å²) in [7, 11) is 0. The van der Waals surface area contributed by atoms with Crippen LogP contribution in [0.2, 0.25) is 10.0 Å². The Morgan fingerprint density at radius 2 is 1.85 bits per heavy atom. The SMILES string of the molecule is CC[C@H](C)c1nc2ccc(Br)cc2c(=O)n1N=Cc1ccc(OCc2ccc(Cl)c(Cl)c2)cc1. The van der Waals surface area contributed by atoms with E-state index in [-0.39, 0.29) is 11.5 Å². The molecule has 0 aliphatic carbocycles. The molecule has 0 aliphatic rings. The van der Waals surface area contributed by atoms with Gasteiger partial charge in [-0.3, -0.25) is 4.79 Å². The minimum Gasteiger partial charge on any atom is -0.489 e. The normalized spacial score (nSPS) is 12.4. The van der Waals surface area contributed by atoms with Gasteiger partial charge >= 0.3 is 0 Å². The van der Waals surface area contributed by atoms with Crippen molar-refractivity contribution < 1.29 is 4.74 Å². The van der Waals surface area contributed by atoms with Crippen LogP contribution in [-0.2, 0) is 6.61 Å². The van der Waals surface area contributed by atoms with Crippen LogP contribution in [0, 0.1) is 0 Å². The summed E-state index contributed by atoms with van der Waals surface area (Å²) in [5, 5.41) is 6.03. The molecule has 0 unspecified atom stereocenters. The summed E-state index contributed by atoms with van der Waals surface area (Å²) < 4.78 is 8.05. The average Bonchev–Trinajstić information content (AvgIpc) is 2.84. The van der Waals surface area contributed by atoms with E-state index >= 15 is 0 Å². The quantitative estimate of drug-likeness (QED) is 0.221. The highest BCUT2D eigenvalue weighted by molar-refractivity contribution is 9.10. The summed E-state index contributed by atoms with van der Waals surface area (Å²) in [5.41, 5.74) is 2.23.